The van der Waals surface area contributed by atoms with E-state index >= 15 is 0 Å². The minimum Gasteiger partial charge on any atom is -0.310 e. The maximum absolute atomic E-state index is 9.66. The quantitative estimate of drug-likeness (QED) is 0.169. The number of fused-ring (bicyclic) bond motifs is 6. The van der Waals surface area contributed by atoms with Crippen molar-refractivity contribution in [3.8, 4) is 33.4 Å². The predicted octanol–water partition coefficient (Wildman–Crippen LogP) is 13.5. The van der Waals surface area contributed by atoms with E-state index in [1.54, 1.807) is 0 Å². The van der Waals surface area contributed by atoms with Gasteiger partial charge in [-0.2, -0.15) is 0 Å². The molecule has 0 atom stereocenters. The number of hydrogen-bond acceptors (Lipinski definition) is 1. The molecule has 0 aliphatic heterocycles. The average molecular weight is 682 g/mol. The standard InChI is InChI=1S/C52H39N/c1-51(2)46-27-15-12-25-42(46)44-32-30-39(34-48(44)51)53(50-29-17-14-24-41(50)36-18-6-3-7-19-36)40-31-33-45-43-26-13-16-28-47(43)52(49(45)35-40,37-20-8-4-9-21-37)38-22-10-5-11-23-38/h3-35H,1-2H3/i14D,17D,24D,29D. The predicted molar refractivity (Wildman–Crippen MR) is 221 cm³/mol. The van der Waals surface area contributed by atoms with Crippen LogP contribution in [0.5, 0.6) is 0 Å². The lowest BCUT2D eigenvalue weighted by molar-refractivity contribution is 0.660. The molecule has 2 aliphatic rings. The van der Waals surface area contributed by atoms with E-state index in [9.17, 15) is 2.74 Å². The summed E-state index contributed by atoms with van der Waals surface area (Å²) < 4.78 is 37.0. The van der Waals surface area contributed by atoms with Crippen molar-refractivity contribution in [1.29, 1.82) is 0 Å². The van der Waals surface area contributed by atoms with Crippen LogP contribution >= 0.6 is 0 Å². The Bertz CT molecular complexity index is 2830. The van der Waals surface area contributed by atoms with Gasteiger partial charge in [-0.05, 0) is 91.5 Å². The van der Waals surface area contributed by atoms with Crippen LogP contribution in [0, 0.1) is 0 Å². The summed E-state index contributed by atoms with van der Waals surface area (Å²) in [5.74, 6) is 0. The first-order valence-corrected chi connectivity index (χ1v) is 18.3. The molecule has 53 heavy (non-hydrogen) atoms. The molecule has 2 aliphatic carbocycles. The second kappa shape index (κ2) is 12.1. The highest BCUT2D eigenvalue weighted by Gasteiger charge is 2.46. The molecule has 0 fully saturated rings. The van der Waals surface area contributed by atoms with E-state index in [0.29, 0.717) is 11.3 Å². The molecule has 0 amide bonds. The van der Waals surface area contributed by atoms with Crippen LogP contribution in [0.25, 0.3) is 33.4 Å². The Kier molecular flexibility index (Phi) is 6.21. The Labute approximate surface area is 318 Å². The zero-order valence-corrected chi connectivity index (χ0v) is 29.7. The molecule has 8 aromatic carbocycles. The Morgan fingerprint density at radius 3 is 1.53 bits per heavy atom. The van der Waals surface area contributed by atoms with Crippen LogP contribution in [-0.4, -0.2) is 0 Å². The minimum absolute atomic E-state index is 0.0763. The van der Waals surface area contributed by atoms with Crippen LogP contribution < -0.4 is 4.90 Å². The van der Waals surface area contributed by atoms with Gasteiger partial charge in [0.15, 0.2) is 0 Å². The number of nitrogens with zero attached hydrogens (tertiary/aromatic N) is 1. The van der Waals surface area contributed by atoms with Crippen molar-refractivity contribution in [3.05, 3.63) is 233 Å². The van der Waals surface area contributed by atoms with E-state index in [2.05, 4.69) is 164 Å². The Morgan fingerprint density at radius 2 is 0.887 bits per heavy atom. The second-order valence-corrected chi connectivity index (χ2v) is 14.6. The third kappa shape index (κ3) is 4.64. The third-order valence-electron chi connectivity index (χ3n) is 11.5. The Morgan fingerprint density at radius 1 is 0.415 bits per heavy atom. The Hall–Kier alpha value is -6.44. The van der Waals surface area contributed by atoms with Crippen molar-refractivity contribution in [1.82, 2.24) is 0 Å². The van der Waals surface area contributed by atoms with E-state index in [1.165, 1.54) is 33.4 Å². The van der Waals surface area contributed by atoms with E-state index < -0.39 is 5.41 Å². The smallest absolute Gasteiger partial charge is 0.0714 e. The first-order chi connectivity index (χ1) is 27.7. The van der Waals surface area contributed by atoms with Crippen molar-refractivity contribution < 1.29 is 5.48 Å². The molecule has 0 spiro atoms. The van der Waals surface area contributed by atoms with Gasteiger partial charge in [0, 0.05) is 22.4 Å². The molecule has 0 aromatic heterocycles. The zero-order valence-electron chi connectivity index (χ0n) is 33.7. The average Bonchev–Trinajstić information content (AvgIpc) is 3.68. The van der Waals surface area contributed by atoms with Crippen LogP contribution in [0.15, 0.2) is 200 Å². The number of para-hydroxylation sites is 1. The molecule has 252 valence electrons. The monoisotopic (exact) mass is 681 g/mol. The fourth-order valence-electron chi connectivity index (χ4n) is 9.10. The third-order valence-corrected chi connectivity index (χ3v) is 11.5. The molecule has 1 nitrogen and oxygen atoms in total. The fourth-order valence-corrected chi connectivity index (χ4v) is 9.10. The minimum atomic E-state index is -0.657. The highest BCUT2D eigenvalue weighted by atomic mass is 15.1. The number of benzene rings is 8. The maximum atomic E-state index is 9.66. The van der Waals surface area contributed by atoms with Crippen molar-refractivity contribution >= 4 is 17.1 Å². The van der Waals surface area contributed by atoms with Crippen LogP contribution in [0.4, 0.5) is 17.1 Å². The lowest BCUT2D eigenvalue weighted by Crippen LogP contribution is -2.28. The summed E-state index contributed by atoms with van der Waals surface area (Å²) in [6, 6.07) is 60.7. The highest BCUT2D eigenvalue weighted by molar-refractivity contribution is 5.93. The van der Waals surface area contributed by atoms with E-state index in [1.807, 2.05) is 30.3 Å². The number of hydrogen-bond donors (Lipinski definition) is 0. The van der Waals surface area contributed by atoms with E-state index in [-0.39, 0.29) is 29.6 Å². The molecule has 8 aromatic rings. The van der Waals surface area contributed by atoms with Gasteiger partial charge in [-0.3, -0.25) is 0 Å². The molecule has 0 radical (unpaired) electrons. The zero-order chi connectivity index (χ0) is 39.1. The van der Waals surface area contributed by atoms with Gasteiger partial charge in [0.1, 0.15) is 0 Å². The normalized spacial score (nSPS) is 15.2. The summed E-state index contributed by atoms with van der Waals surface area (Å²) in [4.78, 5) is 2.07. The van der Waals surface area contributed by atoms with Crippen LogP contribution in [0.1, 0.15) is 52.7 Å². The van der Waals surface area contributed by atoms with Crippen molar-refractivity contribution in [3.63, 3.8) is 0 Å². The van der Waals surface area contributed by atoms with Gasteiger partial charge in [-0.1, -0.05) is 184 Å². The largest absolute Gasteiger partial charge is 0.310 e. The number of anilines is 3. The SMILES string of the molecule is [2H]c1c([2H])c([2H])c(N(c2ccc3c(c2)C(C)(C)c2ccccc2-3)c2ccc3c(c2)C(c2ccccc2)(c2ccccc2)c2ccccc2-3)c(-c2ccccc2)c1[2H]. The highest BCUT2D eigenvalue weighted by Crippen LogP contribution is 2.58. The van der Waals surface area contributed by atoms with Crippen molar-refractivity contribution in [2.75, 3.05) is 4.90 Å². The molecule has 0 N–H and O–H groups in total. The van der Waals surface area contributed by atoms with E-state index in [0.717, 1.165) is 39.2 Å². The van der Waals surface area contributed by atoms with Gasteiger partial charge < -0.3 is 4.90 Å². The van der Waals surface area contributed by atoms with Gasteiger partial charge in [-0.25, -0.2) is 0 Å². The van der Waals surface area contributed by atoms with Crippen molar-refractivity contribution in [2.24, 2.45) is 0 Å². The molecular formula is C52H39N. The first kappa shape index (κ1) is 27.2. The topological polar surface area (TPSA) is 3.24 Å². The molecule has 1 heteroatoms. The maximum Gasteiger partial charge on any atom is 0.0714 e. The Balaban J connectivity index is 1.31. The summed E-state index contributed by atoms with van der Waals surface area (Å²) in [6.45, 7) is 4.52. The van der Waals surface area contributed by atoms with Gasteiger partial charge in [0.25, 0.3) is 0 Å². The summed E-state index contributed by atoms with van der Waals surface area (Å²) in [5.41, 5.74) is 14.0. The summed E-state index contributed by atoms with van der Waals surface area (Å²) >= 11 is 0. The molecule has 0 bridgehead atoms. The molecule has 0 saturated carbocycles. The molecule has 0 saturated heterocycles. The van der Waals surface area contributed by atoms with E-state index in [4.69, 9.17) is 2.74 Å². The van der Waals surface area contributed by atoms with Gasteiger partial charge in [-0.15, -0.1) is 0 Å². The second-order valence-electron chi connectivity index (χ2n) is 14.6. The first-order valence-electron chi connectivity index (χ1n) is 20.3. The van der Waals surface area contributed by atoms with Crippen LogP contribution in [0.3, 0.4) is 0 Å². The van der Waals surface area contributed by atoms with Crippen molar-refractivity contribution in [2.45, 2.75) is 24.7 Å². The lowest BCUT2D eigenvalue weighted by Gasteiger charge is -2.35. The molecular weight excluding hydrogens is 639 g/mol. The van der Waals surface area contributed by atoms with Gasteiger partial charge in [0.2, 0.25) is 0 Å². The van der Waals surface area contributed by atoms with Crippen LogP contribution in [-0.2, 0) is 10.8 Å². The fraction of sp³-hybridized carbons (Fsp3) is 0.0769. The van der Waals surface area contributed by atoms with Crippen LogP contribution in [0.2, 0.25) is 0 Å². The molecule has 0 unspecified atom stereocenters. The summed E-state index contributed by atoms with van der Waals surface area (Å²) in [6.07, 6.45) is 0. The lowest BCUT2D eigenvalue weighted by atomic mass is 9.67. The number of rotatable bonds is 6. The van der Waals surface area contributed by atoms with Gasteiger partial charge in [0.05, 0.1) is 16.6 Å². The summed E-state index contributed by atoms with van der Waals surface area (Å²) in [5, 5.41) is 0. The molecule has 10 rings (SSSR count). The molecule has 0 heterocycles. The van der Waals surface area contributed by atoms with Gasteiger partial charge >= 0.3 is 0 Å². The summed E-state index contributed by atoms with van der Waals surface area (Å²) in [7, 11) is 0.